The van der Waals surface area contributed by atoms with Crippen molar-refractivity contribution >= 4 is 5.69 Å². The van der Waals surface area contributed by atoms with Gasteiger partial charge in [-0.15, -0.1) is 0 Å². The number of phenolic OH excluding ortho intramolecular Hbond substituents is 1. The van der Waals surface area contributed by atoms with Gasteiger partial charge in [0, 0.05) is 11.8 Å². The molecule has 4 heteroatoms. The molecule has 104 valence electrons. The van der Waals surface area contributed by atoms with Crippen LogP contribution in [-0.4, -0.2) is 5.11 Å². The Hall–Kier alpha value is -2.10. The van der Waals surface area contributed by atoms with E-state index in [1.807, 2.05) is 6.07 Å². The molecule has 0 saturated heterocycles. The van der Waals surface area contributed by atoms with Crippen LogP contribution in [0.4, 0.5) is 14.5 Å². The van der Waals surface area contributed by atoms with Crippen molar-refractivity contribution in [2.75, 3.05) is 5.32 Å². The molecule has 0 amide bonds. The fraction of sp³-hybridized carbons (Fsp3) is 0.250. The van der Waals surface area contributed by atoms with E-state index in [4.69, 9.17) is 0 Å². The normalized spacial score (nSPS) is 17.6. The summed E-state index contributed by atoms with van der Waals surface area (Å²) in [4.78, 5) is 0. The molecule has 2 aromatic rings. The molecule has 0 radical (unpaired) electrons. The molecule has 20 heavy (non-hydrogen) atoms. The molecule has 0 aromatic heterocycles. The largest absolute Gasteiger partial charge is 0.508 e. The Morgan fingerprint density at radius 1 is 1.05 bits per heavy atom. The van der Waals surface area contributed by atoms with Crippen LogP contribution in [0, 0.1) is 11.6 Å². The van der Waals surface area contributed by atoms with Gasteiger partial charge in [-0.05, 0) is 54.7 Å². The summed E-state index contributed by atoms with van der Waals surface area (Å²) in [6.45, 7) is 0. The van der Waals surface area contributed by atoms with Crippen molar-refractivity contribution < 1.29 is 13.9 Å². The van der Waals surface area contributed by atoms with Crippen molar-refractivity contribution in [2.45, 2.75) is 25.3 Å². The van der Waals surface area contributed by atoms with Crippen LogP contribution in [-0.2, 0) is 6.42 Å². The van der Waals surface area contributed by atoms with E-state index >= 15 is 0 Å². The summed E-state index contributed by atoms with van der Waals surface area (Å²) in [5, 5.41) is 12.8. The van der Waals surface area contributed by atoms with Gasteiger partial charge in [0.25, 0.3) is 0 Å². The monoisotopic (exact) mass is 275 g/mol. The molecule has 2 aromatic carbocycles. The molecule has 3 rings (SSSR count). The average Bonchev–Trinajstić information content (AvgIpc) is 2.43. The SMILES string of the molecule is Oc1ccc2c(c1)CCCC2Nc1ccc(F)c(F)c1. The van der Waals surface area contributed by atoms with Gasteiger partial charge in [-0.1, -0.05) is 6.07 Å². The molecule has 2 N–H and O–H groups in total. The summed E-state index contributed by atoms with van der Waals surface area (Å²) < 4.78 is 26.2. The van der Waals surface area contributed by atoms with Gasteiger partial charge in [-0.3, -0.25) is 0 Å². The van der Waals surface area contributed by atoms with Gasteiger partial charge in [0.05, 0.1) is 6.04 Å². The number of phenols is 1. The standard InChI is InChI=1S/C16H15F2NO/c17-14-7-4-11(9-15(14)18)19-16-3-1-2-10-8-12(20)5-6-13(10)16/h4-9,16,19-20H,1-3H2. The van der Waals surface area contributed by atoms with Gasteiger partial charge < -0.3 is 10.4 Å². The topological polar surface area (TPSA) is 32.3 Å². The maximum atomic E-state index is 13.2. The van der Waals surface area contributed by atoms with Gasteiger partial charge in [-0.2, -0.15) is 0 Å². The van der Waals surface area contributed by atoms with Gasteiger partial charge in [0.15, 0.2) is 11.6 Å². The van der Waals surface area contributed by atoms with Crippen LogP contribution in [0.5, 0.6) is 5.75 Å². The van der Waals surface area contributed by atoms with Crippen molar-refractivity contribution in [2.24, 2.45) is 0 Å². The number of rotatable bonds is 2. The van der Waals surface area contributed by atoms with E-state index in [1.54, 1.807) is 12.1 Å². The zero-order valence-electron chi connectivity index (χ0n) is 10.9. The lowest BCUT2D eigenvalue weighted by atomic mass is 9.87. The third kappa shape index (κ3) is 2.46. The van der Waals surface area contributed by atoms with Gasteiger partial charge in [0.1, 0.15) is 5.75 Å². The summed E-state index contributed by atoms with van der Waals surface area (Å²) >= 11 is 0. The van der Waals surface area contributed by atoms with E-state index in [0.717, 1.165) is 36.5 Å². The van der Waals surface area contributed by atoms with Crippen molar-refractivity contribution in [1.29, 1.82) is 0 Å². The molecule has 0 bridgehead atoms. The van der Waals surface area contributed by atoms with Crippen LogP contribution in [0.1, 0.15) is 30.0 Å². The molecule has 1 unspecified atom stereocenters. The second kappa shape index (κ2) is 5.12. The van der Waals surface area contributed by atoms with Crippen molar-refractivity contribution in [3.8, 4) is 5.75 Å². The van der Waals surface area contributed by atoms with Gasteiger partial charge in [0.2, 0.25) is 0 Å². The lowest BCUT2D eigenvalue weighted by molar-refractivity contribution is 0.472. The van der Waals surface area contributed by atoms with E-state index in [9.17, 15) is 13.9 Å². The van der Waals surface area contributed by atoms with Crippen LogP contribution in [0.3, 0.4) is 0 Å². The van der Waals surface area contributed by atoms with Crippen LogP contribution >= 0.6 is 0 Å². The summed E-state index contributed by atoms with van der Waals surface area (Å²) in [5.74, 6) is -1.43. The first kappa shape index (κ1) is 12.9. The van der Waals surface area contributed by atoms with Gasteiger partial charge in [-0.25, -0.2) is 8.78 Å². The van der Waals surface area contributed by atoms with E-state index < -0.39 is 11.6 Å². The quantitative estimate of drug-likeness (QED) is 0.862. The van der Waals surface area contributed by atoms with Crippen LogP contribution in [0.25, 0.3) is 0 Å². The molecule has 1 aliphatic rings. The minimum Gasteiger partial charge on any atom is -0.508 e. The lowest BCUT2D eigenvalue weighted by Crippen LogP contribution is -2.17. The first-order chi connectivity index (χ1) is 9.63. The number of fused-ring (bicyclic) bond motifs is 1. The number of benzene rings is 2. The zero-order valence-corrected chi connectivity index (χ0v) is 10.9. The van der Waals surface area contributed by atoms with E-state index in [0.29, 0.717) is 5.69 Å². The highest BCUT2D eigenvalue weighted by atomic mass is 19.2. The number of nitrogens with one attached hydrogen (secondary N) is 1. The lowest BCUT2D eigenvalue weighted by Gasteiger charge is -2.27. The number of halogens is 2. The van der Waals surface area contributed by atoms with Crippen LogP contribution in [0.15, 0.2) is 36.4 Å². The zero-order chi connectivity index (χ0) is 14.1. The van der Waals surface area contributed by atoms with Crippen LogP contribution < -0.4 is 5.32 Å². The fourth-order valence-corrected chi connectivity index (χ4v) is 2.74. The Balaban J connectivity index is 1.87. The van der Waals surface area contributed by atoms with Crippen molar-refractivity contribution in [3.05, 3.63) is 59.2 Å². The summed E-state index contributed by atoms with van der Waals surface area (Å²) in [7, 11) is 0. The first-order valence-corrected chi connectivity index (χ1v) is 6.67. The molecular formula is C16H15F2NO. The highest BCUT2D eigenvalue weighted by Crippen LogP contribution is 2.34. The third-order valence-electron chi connectivity index (χ3n) is 3.70. The molecule has 0 fully saturated rings. The Morgan fingerprint density at radius 3 is 2.70 bits per heavy atom. The van der Waals surface area contributed by atoms with Crippen molar-refractivity contribution in [3.63, 3.8) is 0 Å². The average molecular weight is 275 g/mol. The van der Waals surface area contributed by atoms with E-state index in [1.165, 1.54) is 12.1 Å². The first-order valence-electron chi connectivity index (χ1n) is 6.67. The van der Waals surface area contributed by atoms with Crippen molar-refractivity contribution in [1.82, 2.24) is 0 Å². The molecular weight excluding hydrogens is 260 g/mol. The number of aromatic hydroxyl groups is 1. The highest BCUT2D eigenvalue weighted by molar-refractivity contribution is 5.48. The molecule has 2 nitrogen and oxygen atoms in total. The summed E-state index contributed by atoms with van der Waals surface area (Å²) in [5.41, 5.74) is 2.78. The Kier molecular flexibility index (Phi) is 3.30. The second-order valence-electron chi connectivity index (χ2n) is 5.10. The summed E-state index contributed by atoms with van der Waals surface area (Å²) in [6, 6.07) is 9.21. The molecule has 0 heterocycles. The van der Waals surface area contributed by atoms with E-state index in [2.05, 4.69) is 5.32 Å². The maximum absolute atomic E-state index is 13.2. The Bertz CT molecular complexity index is 642. The minimum atomic E-state index is -0.850. The number of anilines is 1. The van der Waals surface area contributed by atoms with Crippen LogP contribution in [0.2, 0.25) is 0 Å². The second-order valence-corrected chi connectivity index (χ2v) is 5.10. The maximum Gasteiger partial charge on any atom is 0.160 e. The predicted molar refractivity (Wildman–Crippen MR) is 73.8 cm³/mol. The molecule has 0 saturated carbocycles. The molecule has 0 spiro atoms. The molecule has 1 atom stereocenters. The Labute approximate surface area is 116 Å². The number of aryl methyl sites for hydroxylation is 1. The van der Waals surface area contributed by atoms with Gasteiger partial charge >= 0.3 is 0 Å². The molecule has 1 aliphatic carbocycles. The minimum absolute atomic E-state index is 0.0595. The smallest absolute Gasteiger partial charge is 0.160 e. The third-order valence-corrected chi connectivity index (χ3v) is 3.70. The number of hydrogen-bond donors (Lipinski definition) is 2. The van der Waals surface area contributed by atoms with E-state index in [-0.39, 0.29) is 11.8 Å². The molecule has 0 aliphatic heterocycles. The highest BCUT2D eigenvalue weighted by Gasteiger charge is 2.20. The Morgan fingerprint density at radius 2 is 1.90 bits per heavy atom. The summed E-state index contributed by atoms with van der Waals surface area (Å²) in [6.07, 6.45) is 2.86. The number of hydrogen-bond acceptors (Lipinski definition) is 2. The predicted octanol–water partition coefficient (Wildman–Crippen LogP) is 4.16. The fourth-order valence-electron chi connectivity index (χ4n) is 2.74.